The lowest BCUT2D eigenvalue weighted by molar-refractivity contribution is 0.0703. The van der Waals surface area contributed by atoms with E-state index >= 15 is 0 Å². The maximum Gasteiger partial charge on any atom is 0.278 e. The molecular formula is C7H5I2NO3. The third kappa shape index (κ3) is 2.44. The van der Waals surface area contributed by atoms with Gasteiger partial charge in [-0.25, -0.2) is 5.48 Å². The number of hydrogen-bond acceptors (Lipinski definition) is 3. The first-order chi connectivity index (χ1) is 6.06. The van der Waals surface area contributed by atoms with Crippen LogP contribution in [0, 0.1) is 7.14 Å². The molecule has 0 aliphatic heterocycles. The Balaban J connectivity index is 3.28. The van der Waals surface area contributed by atoms with Crippen LogP contribution in [-0.4, -0.2) is 16.2 Å². The van der Waals surface area contributed by atoms with Gasteiger partial charge in [-0.3, -0.25) is 10.0 Å². The van der Waals surface area contributed by atoms with E-state index in [1.165, 1.54) is 11.5 Å². The predicted molar refractivity (Wildman–Crippen MR) is 62.8 cm³/mol. The molecule has 70 valence electrons. The van der Waals surface area contributed by atoms with Gasteiger partial charge in [0.25, 0.3) is 5.91 Å². The van der Waals surface area contributed by atoms with Gasteiger partial charge in [0.05, 0.1) is 9.13 Å². The van der Waals surface area contributed by atoms with Gasteiger partial charge in [0, 0.05) is 3.57 Å². The first-order valence-corrected chi connectivity index (χ1v) is 5.34. The van der Waals surface area contributed by atoms with Gasteiger partial charge >= 0.3 is 0 Å². The van der Waals surface area contributed by atoms with Crippen LogP contribution in [0.25, 0.3) is 0 Å². The lowest BCUT2D eigenvalue weighted by atomic mass is 10.2. The number of carbonyl (C=O) groups is 1. The number of aromatic hydroxyl groups is 1. The van der Waals surface area contributed by atoms with Crippen LogP contribution < -0.4 is 5.48 Å². The molecule has 0 spiro atoms. The van der Waals surface area contributed by atoms with E-state index in [-0.39, 0.29) is 11.3 Å². The lowest BCUT2D eigenvalue weighted by Crippen LogP contribution is -2.19. The second-order valence-electron chi connectivity index (χ2n) is 2.22. The first kappa shape index (κ1) is 11.0. The van der Waals surface area contributed by atoms with Crippen molar-refractivity contribution < 1.29 is 15.1 Å². The van der Waals surface area contributed by atoms with Crippen molar-refractivity contribution in [3.8, 4) is 5.75 Å². The van der Waals surface area contributed by atoms with Gasteiger partial charge in [-0.05, 0) is 57.3 Å². The molecule has 0 saturated carbocycles. The molecule has 0 unspecified atom stereocenters. The van der Waals surface area contributed by atoms with Crippen molar-refractivity contribution in [3.63, 3.8) is 0 Å². The lowest BCUT2D eigenvalue weighted by Gasteiger charge is -2.04. The number of amides is 1. The highest BCUT2D eigenvalue weighted by atomic mass is 127. The Labute approximate surface area is 102 Å². The topological polar surface area (TPSA) is 69.6 Å². The van der Waals surface area contributed by atoms with E-state index in [1.54, 1.807) is 6.07 Å². The molecule has 0 heterocycles. The van der Waals surface area contributed by atoms with Gasteiger partial charge in [-0.15, -0.1) is 0 Å². The van der Waals surface area contributed by atoms with Crippen LogP contribution in [0.3, 0.4) is 0 Å². The van der Waals surface area contributed by atoms with Crippen LogP contribution in [0.4, 0.5) is 0 Å². The van der Waals surface area contributed by atoms with E-state index in [2.05, 4.69) is 0 Å². The molecule has 0 aromatic heterocycles. The molecule has 0 atom stereocenters. The zero-order chi connectivity index (χ0) is 10.0. The molecule has 0 saturated heterocycles. The van der Waals surface area contributed by atoms with Gasteiger partial charge < -0.3 is 5.11 Å². The highest BCUT2D eigenvalue weighted by molar-refractivity contribution is 14.1. The number of halogens is 2. The average Bonchev–Trinajstić information content (AvgIpc) is 2.10. The number of phenolic OH excluding ortho intramolecular Hbond substituents is 1. The predicted octanol–water partition coefficient (Wildman–Crippen LogP) is 1.72. The summed E-state index contributed by atoms with van der Waals surface area (Å²) >= 11 is 3.93. The summed E-state index contributed by atoms with van der Waals surface area (Å²) in [7, 11) is 0. The van der Waals surface area contributed by atoms with Crippen molar-refractivity contribution in [2.45, 2.75) is 0 Å². The largest absolute Gasteiger partial charge is 0.506 e. The maximum atomic E-state index is 11.0. The van der Waals surface area contributed by atoms with Gasteiger partial charge in [0.1, 0.15) is 5.75 Å². The monoisotopic (exact) mass is 405 g/mol. The third-order valence-electron chi connectivity index (χ3n) is 1.37. The zero-order valence-electron chi connectivity index (χ0n) is 6.21. The normalized spacial score (nSPS) is 9.77. The SMILES string of the molecule is O=C(NO)c1cc(I)cc(I)c1O. The van der Waals surface area contributed by atoms with Crippen molar-refractivity contribution in [3.05, 3.63) is 24.8 Å². The molecule has 1 amide bonds. The van der Waals surface area contributed by atoms with Crippen molar-refractivity contribution in [1.29, 1.82) is 0 Å². The summed E-state index contributed by atoms with van der Waals surface area (Å²) in [5.74, 6) is -0.832. The number of phenols is 1. The Hall–Kier alpha value is -0.0900. The van der Waals surface area contributed by atoms with E-state index in [9.17, 15) is 9.90 Å². The summed E-state index contributed by atoms with van der Waals surface area (Å²) in [6.45, 7) is 0. The van der Waals surface area contributed by atoms with E-state index in [4.69, 9.17) is 5.21 Å². The number of benzene rings is 1. The highest BCUT2D eigenvalue weighted by Crippen LogP contribution is 2.26. The molecule has 0 fully saturated rings. The third-order valence-corrected chi connectivity index (χ3v) is 2.82. The Bertz CT molecular complexity index is 354. The molecule has 0 aliphatic rings. The Kier molecular flexibility index (Phi) is 3.74. The average molecular weight is 405 g/mol. The van der Waals surface area contributed by atoms with Crippen LogP contribution in [0.15, 0.2) is 12.1 Å². The number of hydroxylamine groups is 1. The van der Waals surface area contributed by atoms with Crippen LogP contribution in [0.5, 0.6) is 5.75 Å². The Morgan fingerprint density at radius 3 is 2.54 bits per heavy atom. The van der Waals surface area contributed by atoms with E-state index in [0.717, 1.165) is 3.57 Å². The molecule has 3 N–H and O–H groups in total. The number of nitrogens with one attached hydrogen (secondary N) is 1. The van der Waals surface area contributed by atoms with Crippen molar-refractivity contribution in [1.82, 2.24) is 5.48 Å². The van der Waals surface area contributed by atoms with Crippen molar-refractivity contribution >= 4 is 51.1 Å². The quantitative estimate of drug-likeness (QED) is 0.379. The number of carbonyl (C=O) groups excluding carboxylic acids is 1. The van der Waals surface area contributed by atoms with Crippen LogP contribution in [0.1, 0.15) is 10.4 Å². The van der Waals surface area contributed by atoms with Crippen LogP contribution in [0.2, 0.25) is 0 Å². The smallest absolute Gasteiger partial charge is 0.278 e. The standard InChI is InChI=1S/C7H5I2NO3/c8-3-1-4(7(12)10-13)6(11)5(9)2-3/h1-2,11,13H,(H,10,12). The molecule has 1 rings (SSSR count). The van der Waals surface area contributed by atoms with Gasteiger partial charge in [0.15, 0.2) is 0 Å². The second kappa shape index (κ2) is 4.42. The summed E-state index contributed by atoms with van der Waals surface area (Å²) in [6.07, 6.45) is 0. The van der Waals surface area contributed by atoms with E-state index < -0.39 is 5.91 Å². The summed E-state index contributed by atoms with van der Waals surface area (Å²) in [5.41, 5.74) is 1.54. The molecule has 1 aromatic rings. The minimum absolute atomic E-state index is 0.0683. The molecule has 0 bridgehead atoms. The van der Waals surface area contributed by atoms with Gasteiger partial charge in [-0.2, -0.15) is 0 Å². The minimum atomic E-state index is -0.714. The summed E-state index contributed by atoms with van der Waals surface area (Å²) in [4.78, 5) is 11.0. The molecule has 6 heteroatoms. The number of rotatable bonds is 1. The number of hydrogen-bond donors (Lipinski definition) is 3. The first-order valence-electron chi connectivity index (χ1n) is 3.18. The summed E-state index contributed by atoms with van der Waals surface area (Å²) in [5, 5.41) is 17.8. The van der Waals surface area contributed by atoms with Crippen molar-refractivity contribution in [2.75, 3.05) is 0 Å². The molecule has 0 radical (unpaired) electrons. The molecule has 13 heavy (non-hydrogen) atoms. The highest BCUT2D eigenvalue weighted by Gasteiger charge is 2.13. The molecular weight excluding hydrogens is 400 g/mol. The Morgan fingerprint density at radius 2 is 2.00 bits per heavy atom. The summed E-state index contributed by atoms with van der Waals surface area (Å²) < 4.78 is 1.39. The molecule has 4 nitrogen and oxygen atoms in total. The van der Waals surface area contributed by atoms with Gasteiger partial charge in [0.2, 0.25) is 0 Å². The van der Waals surface area contributed by atoms with Crippen LogP contribution >= 0.6 is 45.2 Å². The fraction of sp³-hybridized carbons (Fsp3) is 0. The fourth-order valence-corrected chi connectivity index (χ4v) is 2.64. The van der Waals surface area contributed by atoms with E-state index in [1.807, 2.05) is 45.2 Å². The van der Waals surface area contributed by atoms with Gasteiger partial charge in [-0.1, -0.05) is 0 Å². The second-order valence-corrected chi connectivity index (χ2v) is 4.63. The zero-order valence-corrected chi connectivity index (χ0v) is 10.5. The summed E-state index contributed by atoms with van der Waals surface area (Å²) in [6, 6.07) is 3.22. The van der Waals surface area contributed by atoms with Crippen LogP contribution in [-0.2, 0) is 0 Å². The molecule has 1 aromatic carbocycles. The molecule has 0 aliphatic carbocycles. The Morgan fingerprint density at radius 1 is 1.38 bits per heavy atom. The fourth-order valence-electron chi connectivity index (χ4n) is 0.799. The van der Waals surface area contributed by atoms with Crippen molar-refractivity contribution in [2.24, 2.45) is 0 Å². The minimum Gasteiger partial charge on any atom is -0.506 e. The maximum absolute atomic E-state index is 11.0. The van der Waals surface area contributed by atoms with E-state index in [0.29, 0.717) is 3.57 Å².